The molecule has 0 heterocycles. The van der Waals surface area contributed by atoms with Crippen LogP contribution < -0.4 is 0 Å². The molecule has 3 heteroatoms. The van der Waals surface area contributed by atoms with Crippen LogP contribution in [0.15, 0.2) is 36.6 Å². The minimum Gasteiger partial charge on any atom is -0.509 e. The van der Waals surface area contributed by atoms with E-state index in [-0.39, 0.29) is 5.76 Å². The molecule has 0 bridgehead atoms. The summed E-state index contributed by atoms with van der Waals surface area (Å²) in [6.45, 7) is 3.16. The number of rotatable bonds is 3. The number of aliphatic carboxylic acids is 1. The zero-order chi connectivity index (χ0) is 7.98. The number of allylic oxidation sites excluding steroid dienone is 3. The van der Waals surface area contributed by atoms with E-state index in [1.807, 2.05) is 0 Å². The Morgan fingerprint density at radius 2 is 1.70 bits per heavy atom. The summed E-state index contributed by atoms with van der Waals surface area (Å²) in [5.74, 6) is -1.12. The Balaban J connectivity index is 3.73. The number of carbonyl (C=O) groups is 1. The highest BCUT2D eigenvalue weighted by atomic mass is 16.4. The van der Waals surface area contributed by atoms with Crippen molar-refractivity contribution in [2.45, 2.75) is 0 Å². The first kappa shape index (κ1) is 8.49. The van der Waals surface area contributed by atoms with Crippen molar-refractivity contribution in [2.24, 2.45) is 0 Å². The number of hydrogen-bond donors (Lipinski definition) is 2. The Bertz CT molecular complexity index is 167. The molecular formula is C7H8O3. The maximum atomic E-state index is 9.84. The number of hydrogen-bond acceptors (Lipinski definition) is 2. The highest BCUT2D eigenvalue weighted by Crippen LogP contribution is 1.85. The quantitative estimate of drug-likeness (QED) is 0.352. The molecule has 0 fully saturated rings. The monoisotopic (exact) mass is 140 g/mol. The number of carboxylic acids is 1. The van der Waals surface area contributed by atoms with Gasteiger partial charge in [0.25, 0.3) is 0 Å². The van der Waals surface area contributed by atoms with Crippen LogP contribution in [-0.4, -0.2) is 16.2 Å². The van der Waals surface area contributed by atoms with Gasteiger partial charge in [-0.2, -0.15) is 0 Å². The summed E-state index contributed by atoms with van der Waals surface area (Å²) in [5.41, 5.74) is 0. The van der Waals surface area contributed by atoms with Gasteiger partial charge in [0.05, 0.1) is 0 Å². The standard InChI is InChI=1S/C7H8O3/c1-6(8)4-2-3-5-7(9)10/h2-5,8H,1H2,(H,9,10)/b4-2-,5-3-. The fraction of sp³-hybridized carbons (Fsp3) is 0. The van der Waals surface area contributed by atoms with Gasteiger partial charge < -0.3 is 10.2 Å². The maximum absolute atomic E-state index is 9.84. The van der Waals surface area contributed by atoms with Crippen molar-refractivity contribution in [2.75, 3.05) is 0 Å². The molecule has 0 unspecified atom stereocenters. The van der Waals surface area contributed by atoms with Gasteiger partial charge in [0.1, 0.15) is 5.76 Å². The van der Waals surface area contributed by atoms with Gasteiger partial charge in [-0.05, 0) is 6.08 Å². The topological polar surface area (TPSA) is 57.5 Å². The van der Waals surface area contributed by atoms with Crippen LogP contribution in [0, 0.1) is 0 Å². The highest BCUT2D eigenvalue weighted by molar-refractivity contribution is 5.80. The van der Waals surface area contributed by atoms with E-state index in [2.05, 4.69) is 6.58 Å². The Morgan fingerprint density at radius 3 is 2.10 bits per heavy atom. The summed E-state index contributed by atoms with van der Waals surface area (Å²) in [4.78, 5) is 9.84. The molecular weight excluding hydrogens is 132 g/mol. The lowest BCUT2D eigenvalue weighted by Gasteiger charge is -1.79. The predicted molar refractivity (Wildman–Crippen MR) is 37.7 cm³/mol. The summed E-state index contributed by atoms with van der Waals surface area (Å²) >= 11 is 0. The van der Waals surface area contributed by atoms with Gasteiger partial charge in [-0.25, -0.2) is 4.79 Å². The van der Waals surface area contributed by atoms with Crippen LogP contribution in [0.5, 0.6) is 0 Å². The molecule has 10 heavy (non-hydrogen) atoms. The summed E-state index contributed by atoms with van der Waals surface area (Å²) in [6, 6.07) is 0. The molecule has 0 saturated carbocycles. The number of aliphatic hydroxyl groups excluding tert-OH is 1. The molecule has 0 aromatic heterocycles. The first-order valence-corrected chi connectivity index (χ1v) is 2.58. The predicted octanol–water partition coefficient (Wildman–Crippen LogP) is 1.26. The SMILES string of the molecule is C=C(O)/C=C\C=C/C(=O)O. The van der Waals surface area contributed by atoms with Crippen LogP contribution >= 0.6 is 0 Å². The van der Waals surface area contributed by atoms with E-state index >= 15 is 0 Å². The van der Waals surface area contributed by atoms with Gasteiger partial charge in [-0.15, -0.1) is 0 Å². The Morgan fingerprint density at radius 1 is 1.20 bits per heavy atom. The second-order valence-electron chi connectivity index (χ2n) is 1.55. The summed E-state index contributed by atoms with van der Waals surface area (Å²) in [6.07, 6.45) is 4.93. The molecule has 0 amide bonds. The molecule has 0 aliphatic carbocycles. The molecule has 0 aromatic rings. The van der Waals surface area contributed by atoms with Gasteiger partial charge in [-0.3, -0.25) is 0 Å². The van der Waals surface area contributed by atoms with Crippen molar-refractivity contribution < 1.29 is 15.0 Å². The molecule has 0 aromatic carbocycles. The van der Waals surface area contributed by atoms with Gasteiger partial charge in [-0.1, -0.05) is 18.7 Å². The van der Waals surface area contributed by atoms with Crippen molar-refractivity contribution in [3.63, 3.8) is 0 Å². The molecule has 0 aliphatic rings. The van der Waals surface area contributed by atoms with Crippen LogP contribution in [0.3, 0.4) is 0 Å². The van der Waals surface area contributed by atoms with Crippen molar-refractivity contribution in [3.05, 3.63) is 36.6 Å². The zero-order valence-electron chi connectivity index (χ0n) is 5.32. The second kappa shape index (κ2) is 4.38. The van der Waals surface area contributed by atoms with Crippen molar-refractivity contribution in [1.82, 2.24) is 0 Å². The normalized spacial score (nSPS) is 10.8. The molecule has 2 N–H and O–H groups in total. The minimum absolute atomic E-state index is 0.102. The van der Waals surface area contributed by atoms with Gasteiger partial charge in [0.15, 0.2) is 0 Å². The lowest BCUT2D eigenvalue weighted by atomic mass is 10.4. The average Bonchev–Trinajstić information content (AvgIpc) is 1.79. The number of aliphatic hydroxyl groups is 1. The molecule has 54 valence electrons. The average molecular weight is 140 g/mol. The molecule has 0 spiro atoms. The van der Waals surface area contributed by atoms with Crippen LogP contribution in [0.4, 0.5) is 0 Å². The Labute approximate surface area is 58.6 Å². The summed E-state index contributed by atoms with van der Waals surface area (Å²) in [5, 5.41) is 16.5. The number of carboxylic acid groups (broad SMARTS) is 1. The van der Waals surface area contributed by atoms with Crippen molar-refractivity contribution in [1.29, 1.82) is 0 Å². The molecule has 0 radical (unpaired) electrons. The van der Waals surface area contributed by atoms with E-state index < -0.39 is 5.97 Å². The van der Waals surface area contributed by atoms with Crippen molar-refractivity contribution >= 4 is 5.97 Å². The summed E-state index contributed by atoms with van der Waals surface area (Å²) < 4.78 is 0. The van der Waals surface area contributed by atoms with Gasteiger partial charge in [0, 0.05) is 6.08 Å². The van der Waals surface area contributed by atoms with Crippen LogP contribution in [0.2, 0.25) is 0 Å². The highest BCUT2D eigenvalue weighted by Gasteiger charge is 1.80. The van der Waals surface area contributed by atoms with E-state index in [9.17, 15) is 4.79 Å². The van der Waals surface area contributed by atoms with E-state index in [0.29, 0.717) is 0 Å². The third-order valence-electron chi connectivity index (χ3n) is 0.639. The van der Waals surface area contributed by atoms with Crippen molar-refractivity contribution in [3.8, 4) is 0 Å². The zero-order valence-corrected chi connectivity index (χ0v) is 5.32. The van der Waals surface area contributed by atoms with E-state index in [1.165, 1.54) is 18.2 Å². The fourth-order valence-corrected chi connectivity index (χ4v) is 0.305. The van der Waals surface area contributed by atoms with Gasteiger partial charge >= 0.3 is 5.97 Å². The molecule has 0 rings (SSSR count). The fourth-order valence-electron chi connectivity index (χ4n) is 0.305. The second-order valence-corrected chi connectivity index (χ2v) is 1.55. The third kappa shape index (κ3) is 6.49. The van der Waals surface area contributed by atoms with E-state index in [1.54, 1.807) is 0 Å². The largest absolute Gasteiger partial charge is 0.509 e. The first-order chi connectivity index (χ1) is 4.63. The molecule has 0 saturated heterocycles. The van der Waals surface area contributed by atoms with Crippen LogP contribution in [0.1, 0.15) is 0 Å². The van der Waals surface area contributed by atoms with Crippen LogP contribution in [0.25, 0.3) is 0 Å². The van der Waals surface area contributed by atoms with Gasteiger partial charge in [0.2, 0.25) is 0 Å². The lowest BCUT2D eigenvalue weighted by Crippen LogP contribution is -1.84. The van der Waals surface area contributed by atoms with E-state index in [4.69, 9.17) is 10.2 Å². The first-order valence-electron chi connectivity index (χ1n) is 2.58. The third-order valence-corrected chi connectivity index (χ3v) is 0.639. The maximum Gasteiger partial charge on any atom is 0.328 e. The minimum atomic E-state index is -1.02. The molecule has 3 nitrogen and oxygen atoms in total. The Kier molecular flexibility index (Phi) is 3.72. The molecule has 0 aliphatic heterocycles. The van der Waals surface area contributed by atoms with E-state index in [0.717, 1.165) is 6.08 Å². The Hall–Kier alpha value is -1.51. The lowest BCUT2D eigenvalue weighted by molar-refractivity contribution is -0.131. The van der Waals surface area contributed by atoms with Crippen LogP contribution in [-0.2, 0) is 4.79 Å². The summed E-state index contributed by atoms with van der Waals surface area (Å²) in [7, 11) is 0. The smallest absolute Gasteiger partial charge is 0.328 e. The molecule has 0 atom stereocenters.